The number of nitrogens with zero attached hydrogens (tertiary/aromatic N) is 4. The molecule has 4 aliphatic rings. The highest BCUT2D eigenvalue weighted by Gasteiger charge is 2.50. The highest BCUT2D eigenvalue weighted by molar-refractivity contribution is 5.95. The van der Waals surface area contributed by atoms with Crippen LogP contribution in [0.5, 0.6) is 0 Å². The maximum atomic E-state index is 13.0. The minimum absolute atomic E-state index is 0.126. The topological polar surface area (TPSA) is 56.8 Å². The summed E-state index contributed by atoms with van der Waals surface area (Å²) in [7, 11) is 0. The molecule has 4 fully saturated rings. The van der Waals surface area contributed by atoms with Gasteiger partial charge in [0.25, 0.3) is 5.91 Å². The lowest BCUT2D eigenvalue weighted by Crippen LogP contribution is -2.57. The third-order valence-electron chi connectivity index (χ3n) is 8.29. The van der Waals surface area contributed by atoms with Gasteiger partial charge in [-0.15, -0.1) is 0 Å². The molecule has 0 N–H and O–H groups in total. The van der Waals surface area contributed by atoms with Gasteiger partial charge >= 0.3 is 0 Å². The smallest absolute Gasteiger partial charge is 0.254 e. The predicted octanol–water partition coefficient (Wildman–Crippen LogP) is 2.72. The number of aromatic nitrogens is 1. The van der Waals surface area contributed by atoms with E-state index in [1.807, 2.05) is 17.9 Å². The highest BCUT2D eigenvalue weighted by atomic mass is 16.2. The molecule has 6 nitrogen and oxygen atoms in total. The van der Waals surface area contributed by atoms with Gasteiger partial charge in [0.15, 0.2) is 0 Å². The van der Waals surface area contributed by atoms with Crippen LogP contribution in [0.3, 0.4) is 0 Å². The molecule has 2 saturated heterocycles. The molecule has 1 aromatic rings. The molecule has 6 heteroatoms. The van der Waals surface area contributed by atoms with Gasteiger partial charge in [0.1, 0.15) is 0 Å². The van der Waals surface area contributed by atoms with Gasteiger partial charge in [-0.1, -0.05) is 6.42 Å². The molecule has 3 heterocycles. The van der Waals surface area contributed by atoms with Gasteiger partial charge in [-0.25, -0.2) is 0 Å². The SMILES string of the molecule is Cc1cnccc1C(=O)N1CCC2(CC1)CC(C(=O)N1CCN(C3CCC3)CC1)C2. The molecule has 0 bridgehead atoms. The number of pyridine rings is 1. The number of carbonyl (C=O) groups is 2. The van der Waals surface area contributed by atoms with Crippen LogP contribution in [-0.2, 0) is 4.79 Å². The van der Waals surface area contributed by atoms with Crippen LogP contribution in [0.15, 0.2) is 18.5 Å². The van der Waals surface area contributed by atoms with E-state index in [0.717, 1.165) is 82.1 Å². The molecule has 0 unspecified atom stereocenters. The number of rotatable bonds is 3. The maximum Gasteiger partial charge on any atom is 0.254 e. The number of likely N-dealkylation sites (tertiary alicyclic amines) is 1. The van der Waals surface area contributed by atoms with Crippen LogP contribution < -0.4 is 0 Å². The first-order chi connectivity index (χ1) is 14.5. The Labute approximate surface area is 179 Å². The van der Waals surface area contributed by atoms with Gasteiger partial charge in [-0.3, -0.25) is 19.5 Å². The summed E-state index contributed by atoms with van der Waals surface area (Å²) in [6, 6.07) is 2.61. The number of piperidine rings is 1. The molecule has 2 saturated carbocycles. The first-order valence-corrected chi connectivity index (χ1v) is 11.8. The number of amides is 2. The summed E-state index contributed by atoms with van der Waals surface area (Å²) in [6.45, 7) is 7.49. The number of hydrogen-bond acceptors (Lipinski definition) is 4. The maximum absolute atomic E-state index is 13.0. The minimum Gasteiger partial charge on any atom is -0.340 e. The Hall–Kier alpha value is -1.95. The Bertz CT molecular complexity index is 797. The zero-order chi connectivity index (χ0) is 20.7. The average Bonchev–Trinajstić information content (AvgIpc) is 2.71. The fraction of sp³-hybridized carbons (Fsp3) is 0.708. The van der Waals surface area contributed by atoms with E-state index in [1.165, 1.54) is 19.3 Å². The minimum atomic E-state index is 0.126. The summed E-state index contributed by atoms with van der Waals surface area (Å²) >= 11 is 0. The van der Waals surface area contributed by atoms with Gasteiger partial charge in [-0.05, 0) is 62.5 Å². The fourth-order valence-electron chi connectivity index (χ4n) is 5.95. The van der Waals surface area contributed by atoms with E-state index in [-0.39, 0.29) is 17.2 Å². The van der Waals surface area contributed by atoms with Crippen LogP contribution in [0.25, 0.3) is 0 Å². The van der Waals surface area contributed by atoms with Gasteiger partial charge in [0.05, 0.1) is 0 Å². The quantitative estimate of drug-likeness (QED) is 0.769. The normalized spacial score (nSPS) is 25.1. The monoisotopic (exact) mass is 410 g/mol. The molecule has 1 aromatic heterocycles. The number of carbonyl (C=O) groups excluding carboxylic acids is 2. The Morgan fingerprint density at radius 1 is 1.00 bits per heavy atom. The standard InChI is InChI=1S/C24H34N4O2/c1-18-17-25-8-5-21(18)23(30)27-9-6-24(7-10-27)15-19(16-24)22(29)28-13-11-26(12-14-28)20-3-2-4-20/h5,8,17,19-20H,2-4,6-7,9-16H2,1H3. The molecule has 162 valence electrons. The summed E-state index contributed by atoms with van der Waals surface area (Å²) in [4.78, 5) is 36.6. The van der Waals surface area contributed by atoms with Crippen LogP contribution in [0, 0.1) is 18.3 Å². The number of piperazine rings is 1. The van der Waals surface area contributed by atoms with E-state index < -0.39 is 0 Å². The van der Waals surface area contributed by atoms with Crippen molar-refractivity contribution in [2.24, 2.45) is 11.3 Å². The van der Waals surface area contributed by atoms with Crippen LogP contribution >= 0.6 is 0 Å². The molecule has 0 atom stereocenters. The van der Waals surface area contributed by atoms with E-state index in [9.17, 15) is 9.59 Å². The summed E-state index contributed by atoms with van der Waals surface area (Å²) in [5.74, 6) is 0.728. The van der Waals surface area contributed by atoms with Crippen molar-refractivity contribution in [3.05, 3.63) is 29.6 Å². The predicted molar refractivity (Wildman–Crippen MR) is 115 cm³/mol. The average molecular weight is 411 g/mol. The summed E-state index contributed by atoms with van der Waals surface area (Å²) < 4.78 is 0. The van der Waals surface area contributed by atoms with Crippen molar-refractivity contribution in [1.82, 2.24) is 19.7 Å². The largest absolute Gasteiger partial charge is 0.340 e. The second kappa shape index (κ2) is 7.95. The second-order valence-electron chi connectivity index (χ2n) is 10.0. The van der Waals surface area contributed by atoms with Crippen LogP contribution in [0.4, 0.5) is 0 Å². The van der Waals surface area contributed by atoms with Gasteiger partial charge < -0.3 is 9.80 Å². The first-order valence-electron chi connectivity index (χ1n) is 11.8. The Balaban J connectivity index is 1.09. The van der Waals surface area contributed by atoms with E-state index in [0.29, 0.717) is 5.91 Å². The molecule has 1 spiro atoms. The molecule has 5 rings (SSSR count). The Morgan fingerprint density at radius 3 is 2.30 bits per heavy atom. The van der Waals surface area contributed by atoms with E-state index in [4.69, 9.17) is 0 Å². The zero-order valence-corrected chi connectivity index (χ0v) is 18.2. The lowest BCUT2D eigenvalue weighted by atomic mass is 9.57. The van der Waals surface area contributed by atoms with Gasteiger partial charge in [-0.2, -0.15) is 0 Å². The van der Waals surface area contributed by atoms with E-state index in [2.05, 4.69) is 14.8 Å². The van der Waals surface area contributed by atoms with Crippen LogP contribution in [0.1, 0.15) is 60.9 Å². The van der Waals surface area contributed by atoms with Crippen molar-refractivity contribution < 1.29 is 9.59 Å². The molecule has 2 amide bonds. The molecule has 2 aliphatic carbocycles. The Kier molecular flexibility index (Phi) is 5.30. The lowest BCUT2D eigenvalue weighted by molar-refractivity contribution is -0.148. The second-order valence-corrected chi connectivity index (χ2v) is 10.0. The van der Waals surface area contributed by atoms with Crippen LogP contribution in [-0.4, -0.2) is 76.8 Å². The van der Waals surface area contributed by atoms with E-state index >= 15 is 0 Å². The summed E-state index contributed by atoms with van der Waals surface area (Å²) in [5.41, 5.74) is 2.00. The summed E-state index contributed by atoms with van der Waals surface area (Å²) in [6.07, 6.45) is 11.6. The molecule has 2 aliphatic heterocycles. The van der Waals surface area contributed by atoms with Crippen molar-refractivity contribution >= 4 is 11.8 Å². The molecular formula is C24H34N4O2. The third kappa shape index (κ3) is 3.64. The Morgan fingerprint density at radius 2 is 1.70 bits per heavy atom. The molecule has 0 radical (unpaired) electrons. The molecule has 0 aromatic carbocycles. The fourth-order valence-corrected chi connectivity index (χ4v) is 5.95. The van der Waals surface area contributed by atoms with Crippen molar-refractivity contribution in [2.45, 2.75) is 57.9 Å². The molecule has 30 heavy (non-hydrogen) atoms. The number of hydrogen-bond donors (Lipinski definition) is 0. The van der Waals surface area contributed by atoms with E-state index in [1.54, 1.807) is 12.4 Å². The zero-order valence-electron chi connectivity index (χ0n) is 18.2. The first kappa shape index (κ1) is 20.0. The van der Waals surface area contributed by atoms with Crippen LogP contribution in [0.2, 0.25) is 0 Å². The third-order valence-corrected chi connectivity index (χ3v) is 8.29. The lowest BCUT2D eigenvalue weighted by Gasteiger charge is -2.53. The number of aryl methyl sites for hydroxylation is 1. The van der Waals surface area contributed by atoms with Crippen molar-refractivity contribution in [2.75, 3.05) is 39.3 Å². The molecular weight excluding hydrogens is 376 g/mol. The van der Waals surface area contributed by atoms with Crippen molar-refractivity contribution in [3.8, 4) is 0 Å². The van der Waals surface area contributed by atoms with Crippen molar-refractivity contribution in [1.29, 1.82) is 0 Å². The van der Waals surface area contributed by atoms with Gasteiger partial charge in [0.2, 0.25) is 5.91 Å². The highest BCUT2D eigenvalue weighted by Crippen LogP contribution is 2.53. The van der Waals surface area contributed by atoms with Crippen molar-refractivity contribution in [3.63, 3.8) is 0 Å². The van der Waals surface area contributed by atoms with Gasteiger partial charge in [0, 0.05) is 69.2 Å². The summed E-state index contributed by atoms with van der Waals surface area (Å²) in [5, 5.41) is 0.